The molecule has 0 aliphatic rings. The van der Waals surface area contributed by atoms with Crippen LogP contribution in [-0.2, 0) is 9.53 Å². The summed E-state index contributed by atoms with van der Waals surface area (Å²) in [6.07, 6.45) is 0.513. The van der Waals surface area contributed by atoms with Crippen molar-refractivity contribution in [3.8, 4) is 0 Å². The van der Waals surface area contributed by atoms with Crippen LogP contribution in [0.3, 0.4) is 0 Å². The van der Waals surface area contributed by atoms with Gasteiger partial charge in [-0.1, -0.05) is 0 Å². The lowest BCUT2D eigenvalue weighted by Crippen LogP contribution is -2.39. The van der Waals surface area contributed by atoms with E-state index in [2.05, 4.69) is 10.6 Å². The first kappa shape index (κ1) is 13.4. The molecule has 1 amide bonds. The summed E-state index contributed by atoms with van der Waals surface area (Å²) in [5, 5.41) is 5.77. The lowest BCUT2D eigenvalue weighted by atomic mass is 10.1. The third-order valence-corrected chi connectivity index (χ3v) is 1.89. The van der Waals surface area contributed by atoms with E-state index >= 15 is 0 Å². The Kier molecular flexibility index (Phi) is 6.49. The second kappa shape index (κ2) is 6.79. The lowest BCUT2D eigenvalue weighted by molar-refractivity contribution is -0.120. The van der Waals surface area contributed by atoms with Gasteiger partial charge in [-0.3, -0.25) is 4.79 Å². The molecule has 0 unspecified atom stereocenters. The average molecular weight is 202 g/mol. The third kappa shape index (κ3) is 6.86. The van der Waals surface area contributed by atoms with Gasteiger partial charge in [0.25, 0.3) is 0 Å². The minimum atomic E-state index is -0.155. The molecule has 4 nitrogen and oxygen atoms in total. The molecule has 0 aromatic carbocycles. The van der Waals surface area contributed by atoms with Gasteiger partial charge in [0.05, 0.1) is 5.60 Å². The molecule has 0 aliphatic heterocycles. The molecular formula is C10H22N2O2. The van der Waals surface area contributed by atoms with Crippen molar-refractivity contribution in [3.05, 3.63) is 0 Å². The zero-order valence-electron chi connectivity index (χ0n) is 9.64. The minimum Gasteiger partial charge on any atom is -0.375 e. The van der Waals surface area contributed by atoms with E-state index in [0.717, 1.165) is 6.54 Å². The maximum absolute atomic E-state index is 10.9. The van der Waals surface area contributed by atoms with Crippen LogP contribution < -0.4 is 10.6 Å². The van der Waals surface area contributed by atoms with Gasteiger partial charge in [-0.2, -0.15) is 0 Å². The van der Waals surface area contributed by atoms with Gasteiger partial charge >= 0.3 is 0 Å². The van der Waals surface area contributed by atoms with Crippen molar-refractivity contribution in [2.75, 3.05) is 26.7 Å². The fourth-order valence-corrected chi connectivity index (χ4v) is 1.16. The third-order valence-electron chi connectivity index (χ3n) is 1.89. The van der Waals surface area contributed by atoms with Crippen molar-refractivity contribution in [1.82, 2.24) is 10.6 Å². The van der Waals surface area contributed by atoms with Crippen LogP contribution in [0.5, 0.6) is 0 Å². The van der Waals surface area contributed by atoms with Gasteiger partial charge in [-0.05, 0) is 20.8 Å². The van der Waals surface area contributed by atoms with E-state index in [-0.39, 0.29) is 11.5 Å². The summed E-state index contributed by atoms with van der Waals surface area (Å²) in [7, 11) is 1.65. The maximum Gasteiger partial charge on any atom is 0.221 e. The van der Waals surface area contributed by atoms with E-state index in [0.29, 0.717) is 19.6 Å². The second-order valence-corrected chi connectivity index (χ2v) is 3.79. The molecule has 14 heavy (non-hydrogen) atoms. The summed E-state index contributed by atoms with van der Waals surface area (Å²) in [5.74, 6) is 0.0618. The highest BCUT2D eigenvalue weighted by Gasteiger charge is 2.16. The molecule has 4 heteroatoms. The molecular weight excluding hydrogens is 180 g/mol. The van der Waals surface area contributed by atoms with Crippen molar-refractivity contribution in [1.29, 1.82) is 0 Å². The molecule has 0 rings (SSSR count). The second-order valence-electron chi connectivity index (χ2n) is 3.79. The highest BCUT2D eigenvalue weighted by atomic mass is 16.5. The number of hydrogen-bond donors (Lipinski definition) is 2. The van der Waals surface area contributed by atoms with Crippen LogP contribution in [0, 0.1) is 0 Å². The molecule has 0 aromatic heterocycles. The molecule has 0 fully saturated rings. The predicted octanol–water partition coefficient (Wildman–Crippen LogP) is 0.527. The Morgan fingerprint density at radius 3 is 2.57 bits per heavy atom. The van der Waals surface area contributed by atoms with Crippen LogP contribution in [0.15, 0.2) is 0 Å². The Labute approximate surface area is 86.4 Å². The molecule has 84 valence electrons. The van der Waals surface area contributed by atoms with E-state index in [1.165, 1.54) is 0 Å². The van der Waals surface area contributed by atoms with Gasteiger partial charge in [-0.15, -0.1) is 0 Å². The molecule has 0 heterocycles. The first-order chi connectivity index (χ1) is 6.52. The van der Waals surface area contributed by atoms with E-state index in [1.54, 1.807) is 7.05 Å². The van der Waals surface area contributed by atoms with Crippen molar-refractivity contribution >= 4 is 5.91 Å². The molecule has 0 bridgehead atoms. The van der Waals surface area contributed by atoms with E-state index in [4.69, 9.17) is 4.74 Å². The van der Waals surface area contributed by atoms with Gasteiger partial charge < -0.3 is 15.4 Å². The smallest absolute Gasteiger partial charge is 0.221 e. The van der Waals surface area contributed by atoms with Gasteiger partial charge in [0, 0.05) is 33.2 Å². The van der Waals surface area contributed by atoms with Crippen LogP contribution in [-0.4, -0.2) is 38.3 Å². The monoisotopic (exact) mass is 202 g/mol. The number of rotatable bonds is 7. The number of amides is 1. The Balaban J connectivity index is 3.48. The van der Waals surface area contributed by atoms with Gasteiger partial charge in [0.1, 0.15) is 0 Å². The van der Waals surface area contributed by atoms with Crippen molar-refractivity contribution in [2.45, 2.75) is 32.8 Å². The normalized spacial score (nSPS) is 11.4. The maximum atomic E-state index is 10.9. The Morgan fingerprint density at radius 2 is 2.07 bits per heavy atom. The summed E-state index contributed by atoms with van der Waals surface area (Å²) in [6.45, 7) is 8.21. The Hall–Kier alpha value is -0.610. The SMILES string of the molecule is CCOC(C)(C)CNCCC(=O)NC. The van der Waals surface area contributed by atoms with Crippen molar-refractivity contribution < 1.29 is 9.53 Å². The highest BCUT2D eigenvalue weighted by Crippen LogP contribution is 2.06. The van der Waals surface area contributed by atoms with E-state index in [1.807, 2.05) is 20.8 Å². The average Bonchev–Trinajstić information content (AvgIpc) is 2.12. The van der Waals surface area contributed by atoms with Crippen molar-refractivity contribution in [3.63, 3.8) is 0 Å². The van der Waals surface area contributed by atoms with Crippen LogP contribution >= 0.6 is 0 Å². The summed E-state index contributed by atoms with van der Waals surface area (Å²) < 4.78 is 5.50. The largest absolute Gasteiger partial charge is 0.375 e. The molecule has 0 aliphatic carbocycles. The molecule has 2 N–H and O–H groups in total. The summed E-state index contributed by atoms with van der Waals surface area (Å²) in [5.41, 5.74) is -0.155. The number of carbonyl (C=O) groups excluding carboxylic acids is 1. The zero-order chi connectivity index (χ0) is 11.0. The first-order valence-electron chi connectivity index (χ1n) is 5.07. The number of nitrogens with one attached hydrogen (secondary N) is 2. The quantitative estimate of drug-likeness (QED) is 0.592. The number of hydrogen-bond acceptors (Lipinski definition) is 3. The topological polar surface area (TPSA) is 50.4 Å². The molecule has 0 aromatic rings. The predicted molar refractivity (Wildman–Crippen MR) is 57.3 cm³/mol. The van der Waals surface area contributed by atoms with Crippen LogP contribution in [0.2, 0.25) is 0 Å². The molecule has 0 saturated carbocycles. The first-order valence-corrected chi connectivity index (χ1v) is 5.07. The zero-order valence-corrected chi connectivity index (χ0v) is 9.64. The molecule has 0 radical (unpaired) electrons. The van der Waals surface area contributed by atoms with Gasteiger partial charge in [-0.25, -0.2) is 0 Å². The highest BCUT2D eigenvalue weighted by molar-refractivity contribution is 5.75. The van der Waals surface area contributed by atoms with Crippen molar-refractivity contribution in [2.24, 2.45) is 0 Å². The van der Waals surface area contributed by atoms with Crippen LogP contribution in [0.4, 0.5) is 0 Å². The summed E-state index contributed by atoms with van der Waals surface area (Å²) in [6, 6.07) is 0. The minimum absolute atomic E-state index is 0.0618. The van der Waals surface area contributed by atoms with Crippen LogP contribution in [0.25, 0.3) is 0 Å². The Bertz CT molecular complexity index is 170. The standard InChI is InChI=1S/C10H22N2O2/c1-5-14-10(2,3)8-12-7-6-9(13)11-4/h12H,5-8H2,1-4H3,(H,11,13). The van der Waals surface area contributed by atoms with Gasteiger partial charge in [0.15, 0.2) is 0 Å². The molecule has 0 saturated heterocycles. The van der Waals surface area contributed by atoms with E-state index in [9.17, 15) is 4.79 Å². The van der Waals surface area contributed by atoms with E-state index < -0.39 is 0 Å². The van der Waals surface area contributed by atoms with Crippen LogP contribution in [0.1, 0.15) is 27.2 Å². The number of carbonyl (C=O) groups is 1. The summed E-state index contributed by atoms with van der Waals surface area (Å²) >= 11 is 0. The van der Waals surface area contributed by atoms with Gasteiger partial charge in [0.2, 0.25) is 5.91 Å². The fourth-order valence-electron chi connectivity index (χ4n) is 1.16. The Morgan fingerprint density at radius 1 is 1.43 bits per heavy atom. The summed E-state index contributed by atoms with van der Waals surface area (Å²) in [4.78, 5) is 10.9. The lowest BCUT2D eigenvalue weighted by Gasteiger charge is -2.24. The number of ether oxygens (including phenoxy) is 1. The fraction of sp³-hybridized carbons (Fsp3) is 0.900. The molecule has 0 spiro atoms. The molecule has 0 atom stereocenters.